The lowest BCUT2D eigenvalue weighted by molar-refractivity contribution is 0.250. The van der Waals surface area contributed by atoms with E-state index in [4.69, 9.17) is 10.5 Å². The molecule has 90 valence electrons. The molecule has 2 N–H and O–H groups in total. The van der Waals surface area contributed by atoms with Crippen LogP contribution in [0.25, 0.3) is 0 Å². The van der Waals surface area contributed by atoms with Gasteiger partial charge in [-0.15, -0.1) is 11.3 Å². The van der Waals surface area contributed by atoms with Crippen molar-refractivity contribution in [2.24, 2.45) is 0 Å². The molecule has 17 heavy (non-hydrogen) atoms. The maximum atomic E-state index is 5.66. The standard InChI is InChI=1S/C14H17NOS/c1-10(2)16-14-8-7-13(17-14)9-11-3-5-12(15)6-4-11/h3-8,10H,9,15H2,1-2H3. The van der Waals surface area contributed by atoms with E-state index in [1.165, 1.54) is 10.4 Å². The lowest BCUT2D eigenvalue weighted by Crippen LogP contribution is -2.03. The summed E-state index contributed by atoms with van der Waals surface area (Å²) >= 11 is 1.71. The summed E-state index contributed by atoms with van der Waals surface area (Å²) in [6, 6.07) is 12.2. The second-order valence-electron chi connectivity index (χ2n) is 4.31. The quantitative estimate of drug-likeness (QED) is 0.836. The summed E-state index contributed by atoms with van der Waals surface area (Å²) in [5, 5.41) is 0.991. The number of hydrogen-bond donors (Lipinski definition) is 1. The molecular formula is C14H17NOS. The summed E-state index contributed by atoms with van der Waals surface area (Å²) in [5.41, 5.74) is 7.75. The second kappa shape index (κ2) is 5.23. The number of ether oxygens (including phenoxy) is 1. The fourth-order valence-electron chi connectivity index (χ4n) is 1.59. The number of rotatable bonds is 4. The monoisotopic (exact) mass is 247 g/mol. The first-order chi connectivity index (χ1) is 8.13. The van der Waals surface area contributed by atoms with E-state index in [1.54, 1.807) is 11.3 Å². The molecular weight excluding hydrogens is 230 g/mol. The minimum absolute atomic E-state index is 0.234. The number of nitrogens with two attached hydrogens (primary N) is 1. The number of nitrogen functional groups attached to an aromatic ring is 1. The van der Waals surface area contributed by atoms with Crippen LogP contribution in [0.2, 0.25) is 0 Å². The molecule has 0 unspecified atom stereocenters. The first-order valence-corrected chi connectivity index (χ1v) is 6.55. The molecule has 2 aromatic rings. The lowest BCUT2D eigenvalue weighted by Gasteiger charge is -2.05. The number of hydrogen-bond acceptors (Lipinski definition) is 3. The zero-order valence-corrected chi connectivity index (χ0v) is 11.0. The summed E-state index contributed by atoms with van der Waals surface area (Å²) in [7, 11) is 0. The van der Waals surface area contributed by atoms with Gasteiger partial charge in [0.25, 0.3) is 0 Å². The molecule has 3 heteroatoms. The highest BCUT2D eigenvalue weighted by Gasteiger charge is 2.04. The van der Waals surface area contributed by atoms with Crippen LogP contribution in [0.5, 0.6) is 5.06 Å². The van der Waals surface area contributed by atoms with Crippen LogP contribution in [0, 0.1) is 0 Å². The van der Waals surface area contributed by atoms with Crippen molar-refractivity contribution in [1.29, 1.82) is 0 Å². The Hall–Kier alpha value is -1.48. The number of thiophene rings is 1. The Morgan fingerprint density at radius 2 is 1.82 bits per heavy atom. The molecule has 0 aliphatic rings. The molecule has 1 heterocycles. The van der Waals surface area contributed by atoms with Gasteiger partial charge in [-0.05, 0) is 43.7 Å². The third kappa shape index (κ3) is 3.49. The average molecular weight is 247 g/mol. The summed E-state index contributed by atoms with van der Waals surface area (Å²) in [5.74, 6) is 0. The molecule has 0 bridgehead atoms. The molecule has 0 fully saturated rings. The Morgan fingerprint density at radius 1 is 1.12 bits per heavy atom. The predicted molar refractivity (Wildman–Crippen MR) is 73.7 cm³/mol. The molecule has 0 saturated carbocycles. The van der Waals surface area contributed by atoms with Gasteiger partial charge in [0, 0.05) is 17.0 Å². The fraction of sp³-hybridized carbons (Fsp3) is 0.286. The molecule has 0 radical (unpaired) electrons. The van der Waals surface area contributed by atoms with Crippen molar-refractivity contribution in [3.63, 3.8) is 0 Å². The van der Waals surface area contributed by atoms with Crippen LogP contribution in [0.1, 0.15) is 24.3 Å². The van der Waals surface area contributed by atoms with Crippen molar-refractivity contribution in [3.05, 3.63) is 46.8 Å². The van der Waals surface area contributed by atoms with Gasteiger partial charge in [0.05, 0.1) is 6.10 Å². The van der Waals surface area contributed by atoms with Gasteiger partial charge in [-0.1, -0.05) is 12.1 Å². The Bertz CT molecular complexity index is 473. The molecule has 0 atom stereocenters. The number of benzene rings is 1. The van der Waals surface area contributed by atoms with Crippen LogP contribution < -0.4 is 10.5 Å². The minimum Gasteiger partial charge on any atom is -0.481 e. The Kier molecular flexibility index (Phi) is 3.69. The van der Waals surface area contributed by atoms with E-state index < -0.39 is 0 Å². The van der Waals surface area contributed by atoms with Gasteiger partial charge in [0.2, 0.25) is 0 Å². The number of anilines is 1. The van der Waals surface area contributed by atoms with Crippen molar-refractivity contribution in [2.45, 2.75) is 26.4 Å². The third-order valence-electron chi connectivity index (χ3n) is 2.35. The SMILES string of the molecule is CC(C)Oc1ccc(Cc2ccc(N)cc2)s1. The van der Waals surface area contributed by atoms with Gasteiger partial charge in [0.15, 0.2) is 5.06 Å². The van der Waals surface area contributed by atoms with Crippen molar-refractivity contribution < 1.29 is 4.74 Å². The molecule has 0 saturated heterocycles. The van der Waals surface area contributed by atoms with Crippen LogP contribution in [0.15, 0.2) is 36.4 Å². The van der Waals surface area contributed by atoms with Crippen LogP contribution in [-0.4, -0.2) is 6.10 Å². The normalized spacial score (nSPS) is 10.8. The highest BCUT2D eigenvalue weighted by atomic mass is 32.1. The maximum absolute atomic E-state index is 5.66. The first-order valence-electron chi connectivity index (χ1n) is 5.73. The fourth-order valence-corrected chi connectivity index (χ4v) is 2.60. The summed E-state index contributed by atoms with van der Waals surface area (Å²) in [4.78, 5) is 1.31. The van der Waals surface area contributed by atoms with Gasteiger partial charge in [-0.25, -0.2) is 0 Å². The molecule has 0 aliphatic heterocycles. The van der Waals surface area contributed by atoms with Crippen LogP contribution >= 0.6 is 11.3 Å². The maximum Gasteiger partial charge on any atom is 0.174 e. The molecule has 1 aromatic heterocycles. The van der Waals surface area contributed by atoms with E-state index >= 15 is 0 Å². The van der Waals surface area contributed by atoms with Gasteiger partial charge in [-0.2, -0.15) is 0 Å². The van der Waals surface area contributed by atoms with Crippen molar-refractivity contribution in [2.75, 3.05) is 5.73 Å². The van der Waals surface area contributed by atoms with Crippen LogP contribution in [-0.2, 0) is 6.42 Å². The zero-order valence-electron chi connectivity index (χ0n) is 10.1. The van der Waals surface area contributed by atoms with E-state index in [0.717, 1.165) is 17.2 Å². The van der Waals surface area contributed by atoms with E-state index in [2.05, 4.69) is 18.2 Å². The van der Waals surface area contributed by atoms with Crippen LogP contribution in [0.3, 0.4) is 0 Å². The second-order valence-corrected chi connectivity index (χ2v) is 5.44. The smallest absolute Gasteiger partial charge is 0.174 e. The lowest BCUT2D eigenvalue weighted by atomic mass is 10.1. The summed E-state index contributed by atoms with van der Waals surface area (Å²) in [6.07, 6.45) is 1.17. The van der Waals surface area contributed by atoms with E-state index in [1.807, 2.05) is 32.0 Å². The third-order valence-corrected chi connectivity index (χ3v) is 3.32. The van der Waals surface area contributed by atoms with Crippen molar-refractivity contribution >= 4 is 17.0 Å². The summed E-state index contributed by atoms with van der Waals surface area (Å²) in [6.45, 7) is 4.08. The topological polar surface area (TPSA) is 35.2 Å². The van der Waals surface area contributed by atoms with E-state index in [9.17, 15) is 0 Å². The average Bonchev–Trinajstić information content (AvgIpc) is 2.68. The van der Waals surface area contributed by atoms with Gasteiger partial charge < -0.3 is 10.5 Å². The van der Waals surface area contributed by atoms with Gasteiger partial charge in [0.1, 0.15) is 0 Å². The van der Waals surface area contributed by atoms with Crippen molar-refractivity contribution in [3.8, 4) is 5.06 Å². The molecule has 0 spiro atoms. The Balaban J connectivity index is 2.03. The van der Waals surface area contributed by atoms with E-state index in [-0.39, 0.29) is 6.10 Å². The van der Waals surface area contributed by atoms with E-state index in [0.29, 0.717) is 0 Å². The van der Waals surface area contributed by atoms with Gasteiger partial charge >= 0.3 is 0 Å². The van der Waals surface area contributed by atoms with Gasteiger partial charge in [-0.3, -0.25) is 0 Å². The Labute approximate surface area is 106 Å². The van der Waals surface area contributed by atoms with Crippen LogP contribution in [0.4, 0.5) is 5.69 Å². The molecule has 2 nitrogen and oxygen atoms in total. The first kappa shape index (κ1) is 12.0. The zero-order chi connectivity index (χ0) is 12.3. The molecule has 2 rings (SSSR count). The largest absolute Gasteiger partial charge is 0.481 e. The molecule has 0 aliphatic carbocycles. The summed E-state index contributed by atoms with van der Waals surface area (Å²) < 4.78 is 5.65. The Morgan fingerprint density at radius 3 is 2.47 bits per heavy atom. The molecule has 0 amide bonds. The van der Waals surface area contributed by atoms with Crippen molar-refractivity contribution in [1.82, 2.24) is 0 Å². The highest BCUT2D eigenvalue weighted by molar-refractivity contribution is 7.13. The predicted octanol–water partition coefficient (Wildman–Crippen LogP) is 3.71. The highest BCUT2D eigenvalue weighted by Crippen LogP contribution is 2.27. The minimum atomic E-state index is 0.234. The molecule has 1 aromatic carbocycles.